The highest BCUT2D eigenvalue weighted by Gasteiger charge is 2.31. The summed E-state index contributed by atoms with van der Waals surface area (Å²) >= 11 is 0. The number of alkyl halides is 2. The molecule has 1 aromatic rings. The average Bonchev–Trinajstić information content (AvgIpc) is 2.17. The Hall–Kier alpha value is -1.96. The molecule has 0 aliphatic carbocycles. The number of hydrogen-bond acceptors (Lipinski definition) is 2. The van der Waals surface area contributed by atoms with Gasteiger partial charge in [0.1, 0.15) is 0 Å². The van der Waals surface area contributed by atoms with Gasteiger partial charge in [-0.15, -0.1) is 0 Å². The van der Waals surface area contributed by atoms with Crippen molar-refractivity contribution in [3.8, 4) is 6.07 Å². The Balaban J connectivity index is 2.75. The van der Waals surface area contributed by atoms with E-state index in [2.05, 4.69) is 0 Å². The molecule has 1 N–H and O–H groups in total. The highest BCUT2D eigenvalue weighted by molar-refractivity contribution is 5.95. The van der Waals surface area contributed by atoms with Gasteiger partial charge >= 0.3 is 5.92 Å². The van der Waals surface area contributed by atoms with E-state index >= 15 is 0 Å². The Kier molecular flexibility index (Phi) is 3.00. The first-order chi connectivity index (χ1) is 6.93. The van der Waals surface area contributed by atoms with Crippen LogP contribution in [0.1, 0.15) is 12.5 Å². The van der Waals surface area contributed by atoms with Crippen LogP contribution in [-0.4, -0.2) is 11.8 Å². The number of nitrogens with zero attached hydrogens (tertiary/aromatic N) is 1. The normalized spacial score (nSPS) is 10.5. The van der Waals surface area contributed by atoms with Gasteiger partial charge in [-0.3, -0.25) is 4.79 Å². The molecule has 0 fully saturated rings. The van der Waals surface area contributed by atoms with Crippen LogP contribution in [0.2, 0.25) is 0 Å². The Morgan fingerprint density at radius 2 is 1.93 bits per heavy atom. The number of amides is 1. The molecular formula is C10H8F2N2O. The van der Waals surface area contributed by atoms with Gasteiger partial charge < -0.3 is 5.32 Å². The monoisotopic (exact) mass is 210 g/mol. The zero-order chi connectivity index (χ0) is 11.5. The predicted molar refractivity (Wildman–Crippen MR) is 50.4 cm³/mol. The van der Waals surface area contributed by atoms with Gasteiger partial charge in [0.2, 0.25) is 0 Å². The molecule has 0 atom stereocenters. The third-order valence-electron chi connectivity index (χ3n) is 1.67. The fourth-order valence-electron chi connectivity index (χ4n) is 0.869. The van der Waals surface area contributed by atoms with Crippen molar-refractivity contribution in [3.05, 3.63) is 29.8 Å². The minimum absolute atomic E-state index is 0.237. The third kappa shape index (κ3) is 3.02. The number of nitrogens with one attached hydrogen (secondary N) is 1. The van der Waals surface area contributed by atoms with Gasteiger partial charge in [0, 0.05) is 12.6 Å². The van der Waals surface area contributed by atoms with Crippen molar-refractivity contribution in [2.24, 2.45) is 0 Å². The number of hydrogen-bond donors (Lipinski definition) is 1. The largest absolute Gasteiger partial charge is 0.322 e. The van der Waals surface area contributed by atoms with Crippen molar-refractivity contribution >= 4 is 11.6 Å². The van der Waals surface area contributed by atoms with E-state index in [9.17, 15) is 13.6 Å². The van der Waals surface area contributed by atoms with E-state index in [1.807, 2.05) is 11.4 Å². The molecule has 0 aliphatic heterocycles. The first-order valence-corrected chi connectivity index (χ1v) is 4.13. The van der Waals surface area contributed by atoms with E-state index < -0.39 is 11.8 Å². The summed E-state index contributed by atoms with van der Waals surface area (Å²) in [6.45, 7) is 0.520. The van der Waals surface area contributed by atoms with Gasteiger partial charge in [0.15, 0.2) is 0 Å². The molecule has 0 saturated carbocycles. The first kappa shape index (κ1) is 11.1. The quantitative estimate of drug-likeness (QED) is 0.813. The second-order valence-electron chi connectivity index (χ2n) is 3.03. The number of carbonyl (C=O) groups is 1. The number of benzene rings is 1. The van der Waals surface area contributed by atoms with Crippen LogP contribution in [0.4, 0.5) is 14.5 Å². The predicted octanol–water partition coefficient (Wildman–Crippen LogP) is 2.15. The van der Waals surface area contributed by atoms with Crippen molar-refractivity contribution in [2.45, 2.75) is 12.8 Å². The summed E-state index contributed by atoms with van der Waals surface area (Å²) in [6, 6.07) is 7.53. The van der Waals surface area contributed by atoms with E-state index in [1.165, 1.54) is 24.3 Å². The van der Waals surface area contributed by atoms with Crippen molar-refractivity contribution in [3.63, 3.8) is 0 Å². The van der Waals surface area contributed by atoms with Gasteiger partial charge in [-0.05, 0) is 24.3 Å². The zero-order valence-electron chi connectivity index (χ0n) is 7.92. The lowest BCUT2D eigenvalue weighted by molar-refractivity contribution is -0.137. The maximum Gasteiger partial charge on any atom is 0.322 e. The van der Waals surface area contributed by atoms with Gasteiger partial charge in [-0.1, -0.05) is 0 Å². The van der Waals surface area contributed by atoms with Crippen LogP contribution in [-0.2, 0) is 4.79 Å². The Labute approximate surface area is 85.3 Å². The molecule has 0 heterocycles. The molecule has 0 aromatic heterocycles. The summed E-state index contributed by atoms with van der Waals surface area (Å²) in [4.78, 5) is 10.9. The van der Waals surface area contributed by atoms with Crippen molar-refractivity contribution < 1.29 is 13.6 Å². The minimum atomic E-state index is -3.41. The maximum absolute atomic E-state index is 12.5. The van der Waals surface area contributed by atoms with Gasteiger partial charge in [-0.2, -0.15) is 14.0 Å². The van der Waals surface area contributed by atoms with Crippen LogP contribution in [0.3, 0.4) is 0 Å². The summed E-state index contributed by atoms with van der Waals surface area (Å²) in [6.07, 6.45) is 0. The lowest BCUT2D eigenvalue weighted by Gasteiger charge is -2.10. The lowest BCUT2D eigenvalue weighted by Crippen LogP contribution is -2.31. The Morgan fingerprint density at radius 1 is 1.40 bits per heavy atom. The molecule has 78 valence electrons. The lowest BCUT2D eigenvalue weighted by atomic mass is 10.2. The van der Waals surface area contributed by atoms with Gasteiger partial charge in [0.25, 0.3) is 5.91 Å². The highest BCUT2D eigenvalue weighted by atomic mass is 19.3. The molecule has 3 nitrogen and oxygen atoms in total. The average molecular weight is 210 g/mol. The van der Waals surface area contributed by atoms with Crippen molar-refractivity contribution in [1.29, 1.82) is 5.26 Å². The van der Waals surface area contributed by atoms with Crippen LogP contribution in [0.5, 0.6) is 0 Å². The van der Waals surface area contributed by atoms with Crippen molar-refractivity contribution in [1.82, 2.24) is 0 Å². The molecular weight excluding hydrogens is 202 g/mol. The fraction of sp³-hybridized carbons (Fsp3) is 0.200. The van der Waals surface area contributed by atoms with Crippen LogP contribution in [0.15, 0.2) is 24.3 Å². The number of anilines is 1. The molecule has 5 heteroatoms. The number of carbonyl (C=O) groups excluding carboxylic acids is 1. The van der Waals surface area contributed by atoms with E-state index in [-0.39, 0.29) is 5.69 Å². The summed E-state index contributed by atoms with van der Waals surface area (Å²) in [5.41, 5.74) is 0.636. The molecule has 0 radical (unpaired) electrons. The summed E-state index contributed by atoms with van der Waals surface area (Å²) in [7, 11) is 0. The second-order valence-corrected chi connectivity index (χ2v) is 3.03. The Morgan fingerprint density at radius 3 is 2.33 bits per heavy atom. The fourth-order valence-corrected chi connectivity index (χ4v) is 0.869. The number of halogens is 2. The summed E-state index contributed by atoms with van der Waals surface area (Å²) in [5.74, 6) is -4.78. The zero-order valence-corrected chi connectivity index (χ0v) is 7.92. The topological polar surface area (TPSA) is 52.9 Å². The first-order valence-electron chi connectivity index (χ1n) is 4.13. The maximum atomic E-state index is 12.5. The van der Waals surface area contributed by atoms with Crippen molar-refractivity contribution in [2.75, 3.05) is 5.32 Å². The van der Waals surface area contributed by atoms with E-state index in [0.717, 1.165) is 0 Å². The minimum Gasteiger partial charge on any atom is -0.321 e. The summed E-state index contributed by atoms with van der Waals surface area (Å²) < 4.78 is 25.0. The SMILES string of the molecule is CC(F)(F)C(=O)Nc1ccc(C#N)cc1. The van der Waals surface area contributed by atoms with Crippen LogP contribution in [0, 0.1) is 11.3 Å². The van der Waals surface area contributed by atoms with E-state index in [4.69, 9.17) is 5.26 Å². The standard InChI is InChI=1S/C10H8F2N2O/c1-10(11,12)9(15)14-8-4-2-7(6-13)3-5-8/h2-5H,1H3,(H,14,15). The van der Waals surface area contributed by atoms with E-state index in [1.54, 1.807) is 0 Å². The molecule has 0 unspecified atom stereocenters. The van der Waals surface area contributed by atoms with E-state index in [0.29, 0.717) is 12.5 Å². The molecule has 1 rings (SSSR count). The Bertz CT molecular complexity index is 401. The highest BCUT2D eigenvalue weighted by Crippen LogP contribution is 2.16. The van der Waals surface area contributed by atoms with Crippen LogP contribution < -0.4 is 5.32 Å². The second kappa shape index (κ2) is 4.05. The number of rotatable bonds is 2. The molecule has 15 heavy (non-hydrogen) atoms. The number of nitriles is 1. The third-order valence-corrected chi connectivity index (χ3v) is 1.67. The van der Waals surface area contributed by atoms with Gasteiger partial charge in [-0.25, -0.2) is 0 Å². The smallest absolute Gasteiger partial charge is 0.321 e. The van der Waals surface area contributed by atoms with Crippen LogP contribution >= 0.6 is 0 Å². The van der Waals surface area contributed by atoms with Crippen LogP contribution in [0.25, 0.3) is 0 Å². The molecule has 1 aromatic carbocycles. The molecule has 0 bridgehead atoms. The molecule has 0 aliphatic rings. The summed E-state index contributed by atoms with van der Waals surface area (Å²) in [5, 5.41) is 10.5. The van der Waals surface area contributed by atoms with Gasteiger partial charge in [0.05, 0.1) is 11.6 Å². The molecule has 1 amide bonds. The molecule has 0 saturated heterocycles. The molecule has 0 spiro atoms.